The number of anilines is 2. The Hall–Kier alpha value is -3.94. The topological polar surface area (TPSA) is 82.2 Å². The van der Waals surface area contributed by atoms with Gasteiger partial charge in [-0.3, -0.25) is 14.7 Å². The Morgan fingerprint density at radius 3 is 2.77 bits per heavy atom. The first kappa shape index (κ1) is 18.1. The van der Waals surface area contributed by atoms with E-state index in [1.807, 2.05) is 18.2 Å². The maximum absolute atomic E-state index is 13.3. The highest BCUT2D eigenvalue weighted by Gasteiger charge is 2.40. The highest BCUT2D eigenvalue weighted by atomic mass is 16.7. The van der Waals surface area contributed by atoms with Gasteiger partial charge in [0.2, 0.25) is 6.79 Å². The smallest absolute Gasteiger partial charge is 0.262 e. The molecular formula is C22H19N3O5. The molecule has 0 aliphatic carbocycles. The molecule has 5 rings (SSSR count). The minimum atomic E-state index is -0.531. The summed E-state index contributed by atoms with van der Waals surface area (Å²) in [7, 11) is 3.14. The summed E-state index contributed by atoms with van der Waals surface area (Å²) >= 11 is 0. The van der Waals surface area contributed by atoms with E-state index in [1.54, 1.807) is 55.6 Å². The quantitative estimate of drug-likeness (QED) is 0.694. The number of nitrogens with zero attached hydrogens (tertiary/aromatic N) is 2. The fraction of sp³-hybridized carbons (Fsp3) is 0.182. The van der Waals surface area contributed by atoms with Gasteiger partial charge in [0.05, 0.1) is 31.2 Å². The SMILES string of the molecule is COc1ccc(N2C(=O)c3cccnc3C2Nc2ccc3c(c2)OCO3)c(OC)c1. The highest BCUT2D eigenvalue weighted by molar-refractivity contribution is 6.11. The third-order valence-electron chi connectivity index (χ3n) is 5.13. The molecule has 0 saturated heterocycles. The molecule has 0 fully saturated rings. The van der Waals surface area contributed by atoms with Gasteiger partial charge in [-0.15, -0.1) is 0 Å². The molecular weight excluding hydrogens is 386 g/mol. The Labute approximate surface area is 173 Å². The molecule has 8 nitrogen and oxygen atoms in total. The summed E-state index contributed by atoms with van der Waals surface area (Å²) in [6.07, 6.45) is 1.14. The third-order valence-corrected chi connectivity index (χ3v) is 5.13. The number of aromatic nitrogens is 1. The molecule has 0 radical (unpaired) electrons. The molecule has 1 N–H and O–H groups in total. The number of hydrogen-bond acceptors (Lipinski definition) is 7. The number of amides is 1. The molecule has 8 heteroatoms. The van der Waals surface area contributed by atoms with Crippen molar-refractivity contribution in [2.24, 2.45) is 0 Å². The largest absolute Gasteiger partial charge is 0.497 e. The Kier molecular flexibility index (Phi) is 4.31. The van der Waals surface area contributed by atoms with E-state index >= 15 is 0 Å². The Balaban J connectivity index is 1.58. The van der Waals surface area contributed by atoms with E-state index in [4.69, 9.17) is 18.9 Å². The first-order chi connectivity index (χ1) is 14.7. The van der Waals surface area contributed by atoms with Crippen molar-refractivity contribution in [2.75, 3.05) is 31.2 Å². The van der Waals surface area contributed by atoms with Crippen LogP contribution in [-0.2, 0) is 0 Å². The second-order valence-corrected chi connectivity index (χ2v) is 6.76. The number of pyridine rings is 1. The van der Waals surface area contributed by atoms with Gasteiger partial charge in [-0.05, 0) is 36.4 Å². The van der Waals surface area contributed by atoms with Gasteiger partial charge in [0.15, 0.2) is 17.7 Å². The zero-order chi connectivity index (χ0) is 20.7. The summed E-state index contributed by atoms with van der Waals surface area (Å²) in [5.41, 5.74) is 2.55. The number of methoxy groups -OCH3 is 2. The van der Waals surface area contributed by atoms with Crippen molar-refractivity contribution in [3.05, 3.63) is 66.0 Å². The molecule has 2 aliphatic heterocycles. The lowest BCUT2D eigenvalue weighted by molar-refractivity contribution is 0.0992. The van der Waals surface area contributed by atoms with Crippen molar-refractivity contribution in [2.45, 2.75) is 6.17 Å². The van der Waals surface area contributed by atoms with Crippen molar-refractivity contribution < 1.29 is 23.7 Å². The molecule has 0 spiro atoms. The maximum atomic E-state index is 13.3. The Morgan fingerprint density at radius 1 is 1.07 bits per heavy atom. The number of nitrogens with one attached hydrogen (secondary N) is 1. The van der Waals surface area contributed by atoms with Crippen molar-refractivity contribution >= 4 is 17.3 Å². The summed E-state index contributed by atoms with van der Waals surface area (Å²) in [6.45, 7) is 0.195. The Morgan fingerprint density at radius 2 is 1.93 bits per heavy atom. The van der Waals surface area contributed by atoms with E-state index in [2.05, 4.69) is 10.3 Å². The third kappa shape index (κ3) is 2.85. The monoisotopic (exact) mass is 405 g/mol. The second-order valence-electron chi connectivity index (χ2n) is 6.76. The van der Waals surface area contributed by atoms with Crippen molar-refractivity contribution in [3.8, 4) is 23.0 Å². The first-order valence-corrected chi connectivity index (χ1v) is 9.36. The van der Waals surface area contributed by atoms with Crippen LogP contribution >= 0.6 is 0 Å². The van der Waals surface area contributed by atoms with Gasteiger partial charge in [0.1, 0.15) is 11.5 Å². The first-order valence-electron chi connectivity index (χ1n) is 9.36. The van der Waals surface area contributed by atoms with Crippen LogP contribution in [0.1, 0.15) is 22.2 Å². The van der Waals surface area contributed by atoms with Crippen LogP contribution in [0.15, 0.2) is 54.7 Å². The second kappa shape index (κ2) is 7.14. The molecule has 1 atom stereocenters. The number of ether oxygens (including phenoxy) is 4. The van der Waals surface area contributed by atoms with Crippen LogP contribution in [0.25, 0.3) is 0 Å². The average Bonchev–Trinajstić information content (AvgIpc) is 3.36. The van der Waals surface area contributed by atoms with E-state index in [0.717, 1.165) is 5.69 Å². The lowest BCUT2D eigenvalue weighted by Gasteiger charge is -2.28. The molecule has 152 valence electrons. The number of fused-ring (bicyclic) bond motifs is 2. The van der Waals surface area contributed by atoms with Crippen LogP contribution in [0.4, 0.5) is 11.4 Å². The molecule has 30 heavy (non-hydrogen) atoms. The fourth-order valence-corrected chi connectivity index (χ4v) is 3.70. The molecule has 3 aromatic rings. The van der Waals surface area contributed by atoms with Crippen LogP contribution < -0.4 is 29.2 Å². The summed E-state index contributed by atoms with van der Waals surface area (Å²) in [5.74, 6) is 2.33. The maximum Gasteiger partial charge on any atom is 0.262 e. The van der Waals surface area contributed by atoms with Gasteiger partial charge in [0.25, 0.3) is 5.91 Å². The minimum Gasteiger partial charge on any atom is -0.497 e. The van der Waals surface area contributed by atoms with Gasteiger partial charge in [-0.25, -0.2) is 0 Å². The zero-order valence-electron chi connectivity index (χ0n) is 16.4. The average molecular weight is 405 g/mol. The number of benzene rings is 2. The van der Waals surface area contributed by atoms with Crippen molar-refractivity contribution in [3.63, 3.8) is 0 Å². The van der Waals surface area contributed by atoms with Gasteiger partial charge >= 0.3 is 0 Å². The summed E-state index contributed by atoms with van der Waals surface area (Å²) in [6, 6.07) is 14.4. The van der Waals surface area contributed by atoms with Crippen LogP contribution in [0.3, 0.4) is 0 Å². The van der Waals surface area contributed by atoms with Crippen molar-refractivity contribution in [1.29, 1.82) is 0 Å². The van der Waals surface area contributed by atoms with Crippen LogP contribution in [0.5, 0.6) is 23.0 Å². The normalized spacial score (nSPS) is 16.4. The van der Waals surface area contributed by atoms with E-state index in [1.165, 1.54) is 0 Å². The molecule has 3 heterocycles. The van der Waals surface area contributed by atoms with Gasteiger partial charge in [-0.1, -0.05) is 0 Å². The molecule has 0 saturated carbocycles. The highest BCUT2D eigenvalue weighted by Crippen LogP contribution is 2.43. The van der Waals surface area contributed by atoms with Crippen LogP contribution in [0.2, 0.25) is 0 Å². The van der Waals surface area contributed by atoms with Gasteiger partial charge in [-0.2, -0.15) is 0 Å². The fourth-order valence-electron chi connectivity index (χ4n) is 3.70. The molecule has 2 aromatic carbocycles. The predicted octanol–water partition coefficient (Wildman–Crippen LogP) is 3.60. The van der Waals surface area contributed by atoms with E-state index in [-0.39, 0.29) is 12.7 Å². The lowest BCUT2D eigenvalue weighted by Crippen LogP contribution is -2.32. The number of hydrogen-bond donors (Lipinski definition) is 1. The molecule has 1 aromatic heterocycles. The standard InChI is InChI=1S/C22H19N3O5/c1-27-14-6-7-16(18(11-14)28-2)25-21(20-15(22(25)26)4-3-9-23-20)24-13-5-8-17-19(10-13)30-12-29-17/h3-11,21,24H,12H2,1-2H3. The molecule has 2 aliphatic rings. The molecule has 0 bridgehead atoms. The number of rotatable bonds is 5. The molecule has 1 amide bonds. The van der Waals surface area contributed by atoms with E-state index < -0.39 is 6.17 Å². The van der Waals surface area contributed by atoms with Gasteiger partial charge < -0.3 is 24.3 Å². The van der Waals surface area contributed by atoms with Crippen LogP contribution in [-0.4, -0.2) is 31.9 Å². The zero-order valence-corrected chi connectivity index (χ0v) is 16.4. The van der Waals surface area contributed by atoms with E-state index in [0.29, 0.717) is 39.9 Å². The van der Waals surface area contributed by atoms with Crippen LogP contribution in [0, 0.1) is 0 Å². The van der Waals surface area contributed by atoms with Gasteiger partial charge in [0, 0.05) is 24.0 Å². The summed E-state index contributed by atoms with van der Waals surface area (Å²) in [5, 5.41) is 3.41. The number of carbonyl (C=O) groups excluding carboxylic acids is 1. The predicted molar refractivity (Wildman–Crippen MR) is 110 cm³/mol. The van der Waals surface area contributed by atoms with E-state index in [9.17, 15) is 4.79 Å². The Bertz CT molecular complexity index is 1130. The minimum absolute atomic E-state index is 0.167. The van der Waals surface area contributed by atoms with Crippen molar-refractivity contribution in [1.82, 2.24) is 4.98 Å². The summed E-state index contributed by atoms with van der Waals surface area (Å²) < 4.78 is 21.7. The molecule has 1 unspecified atom stereocenters. The summed E-state index contributed by atoms with van der Waals surface area (Å²) in [4.78, 5) is 19.4. The number of carbonyl (C=O) groups is 1. The lowest BCUT2D eigenvalue weighted by atomic mass is 10.2.